The van der Waals surface area contributed by atoms with Crippen LogP contribution in [-0.4, -0.2) is 41.5 Å². The molecule has 2 heterocycles. The first-order chi connectivity index (χ1) is 12.8. The lowest BCUT2D eigenvalue weighted by atomic mass is 9.86. The third kappa shape index (κ3) is 2.75. The summed E-state index contributed by atoms with van der Waals surface area (Å²) in [6.07, 6.45) is 2.33. The van der Waals surface area contributed by atoms with Crippen molar-refractivity contribution in [1.82, 2.24) is 16.0 Å². The summed E-state index contributed by atoms with van der Waals surface area (Å²) in [5.74, 6) is -1.47. The van der Waals surface area contributed by atoms with Gasteiger partial charge in [0.05, 0.1) is 5.56 Å². The van der Waals surface area contributed by atoms with Crippen LogP contribution in [-0.2, 0) is 20.7 Å². The van der Waals surface area contributed by atoms with Crippen molar-refractivity contribution in [2.24, 2.45) is 5.92 Å². The van der Waals surface area contributed by atoms with Crippen LogP contribution in [0, 0.1) is 5.92 Å². The quantitative estimate of drug-likeness (QED) is 0.533. The van der Waals surface area contributed by atoms with Crippen LogP contribution in [0.2, 0.25) is 0 Å². The minimum absolute atomic E-state index is 0.205. The zero-order valence-electron chi connectivity index (χ0n) is 15.0. The van der Waals surface area contributed by atoms with Gasteiger partial charge in [0.2, 0.25) is 0 Å². The van der Waals surface area contributed by atoms with E-state index in [1.807, 2.05) is 12.1 Å². The maximum atomic E-state index is 12.8. The number of imide groups is 1. The molecule has 2 fully saturated rings. The van der Waals surface area contributed by atoms with Crippen LogP contribution in [0.3, 0.4) is 0 Å². The van der Waals surface area contributed by atoms with Crippen molar-refractivity contribution in [1.29, 1.82) is 0 Å². The number of esters is 1. The largest absolute Gasteiger partial charge is 0.445 e. The molecule has 3 N–H and O–H groups in total. The molecule has 8 nitrogen and oxygen atoms in total. The van der Waals surface area contributed by atoms with Gasteiger partial charge >= 0.3 is 12.0 Å². The number of ether oxygens (including phenoxy) is 1. The number of cyclic esters (lactones) is 1. The van der Waals surface area contributed by atoms with E-state index in [-0.39, 0.29) is 24.8 Å². The average molecular weight is 371 g/mol. The van der Waals surface area contributed by atoms with Gasteiger partial charge in [0.1, 0.15) is 5.54 Å². The van der Waals surface area contributed by atoms with E-state index in [9.17, 15) is 19.2 Å². The first kappa shape index (κ1) is 17.5. The second-order valence-electron chi connectivity index (χ2n) is 7.63. The van der Waals surface area contributed by atoms with Crippen LogP contribution in [0.1, 0.15) is 42.1 Å². The average Bonchev–Trinajstić information content (AvgIpc) is 3.15. The highest BCUT2D eigenvalue weighted by atomic mass is 16.6. The Bertz CT molecular complexity index is 854. The Morgan fingerprint density at radius 3 is 2.81 bits per heavy atom. The van der Waals surface area contributed by atoms with Crippen LogP contribution in [0.25, 0.3) is 0 Å². The lowest BCUT2D eigenvalue weighted by Crippen LogP contribution is -2.56. The van der Waals surface area contributed by atoms with E-state index in [2.05, 4.69) is 16.0 Å². The molecular formula is C19H21N3O5. The molecule has 27 heavy (non-hydrogen) atoms. The fourth-order valence-electron chi connectivity index (χ4n) is 4.39. The summed E-state index contributed by atoms with van der Waals surface area (Å²) < 4.78 is 5.43. The monoisotopic (exact) mass is 371 g/mol. The zero-order chi connectivity index (χ0) is 19.2. The first-order valence-corrected chi connectivity index (χ1v) is 9.07. The summed E-state index contributed by atoms with van der Waals surface area (Å²) >= 11 is 0. The molecule has 3 atom stereocenters. The van der Waals surface area contributed by atoms with Gasteiger partial charge < -0.3 is 15.4 Å². The highest BCUT2D eigenvalue weighted by Crippen LogP contribution is 2.37. The third-order valence-corrected chi connectivity index (χ3v) is 5.86. The molecule has 0 bridgehead atoms. The van der Waals surface area contributed by atoms with E-state index < -0.39 is 29.0 Å². The van der Waals surface area contributed by atoms with Gasteiger partial charge in [-0.15, -0.1) is 0 Å². The molecule has 3 unspecified atom stereocenters. The predicted octanol–water partition coefficient (Wildman–Crippen LogP) is 0.653. The number of amides is 4. The van der Waals surface area contributed by atoms with Gasteiger partial charge in [0.15, 0.2) is 5.60 Å². The topological polar surface area (TPSA) is 114 Å². The molecule has 1 aromatic carbocycles. The smallest absolute Gasteiger partial charge is 0.339 e. The number of nitrogens with one attached hydrogen (secondary N) is 3. The second-order valence-corrected chi connectivity index (χ2v) is 7.63. The fourth-order valence-corrected chi connectivity index (χ4v) is 4.39. The molecule has 4 amide bonds. The molecule has 8 heteroatoms. The lowest BCUT2D eigenvalue weighted by Gasteiger charge is -2.34. The molecule has 4 rings (SSSR count). The maximum Gasteiger partial charge on any atom is 0.339 e. The summed E-state index contributed by atoms with van der Waals surface area (Å²) in [5, 5.41) is 7.83. The molecule has 142 valence electrons. The summed E-state index contributed by atoms with van der Waals surface area (Å²) in [7, 11) is 0. The number of rotatable bonds is 3. The van der Waals surface area contributed by atoms with Crippen molar-refractivity contribution >= 4 is 23.8 Å². The molecule has 1 aliphatic carbocycles. The number of carbonyl (C=O) groups excluding carboxylic acids is 4. The van der Waals surface area contributed by atoms with Crippen molar-refractivity contribution in [3.05, 3.63) is 35.4 Å². The molecule has 1 saturated heterocycles. The van der Waals surface area contributed by atoms with E-state index in [0.29, 0.717) is 18.4 Å². The van der Waals surface area contributed by atoms with Gasteiger partial charge in [-0.2, -0.15) is 0 Å². The Labute approximate surface area is 156 Å². The van der Waals surface area contributed by atoms with Gasteiger partial charge in [-0.05, 0) is 31.4 Å². The normalized spacial score (nSPS) is 31.9. The van der Waals surface area contributed by atoms with E-state index in [4.69, 9.17) is 4.74 Å². The molecule has 0 radical (unpaired) electrons. The number of hydrogen-bond acceptors (Lipinski definition) is 5. The molecule has 1 spiro atoms. The summed E-state index contributed by atoms with van der Waals surface area (Å²) in [6.45, 7) is 1.81. The molecular weight excluding hydrogens is 350 g/mol. The van der Waals surface area contributed by atoms with Gasteiger partial charge in [0, 0.05) is 18.9 Å². The molecule has 2 aliphatic heterocycles. The number of urea groups is 1. The van der Waals surface area contributed by atoms with Gasteiger partial charge in [-0.25, -0.2) is 9.59 Å². The van der Waals surface area contributed by atoms with Crippen LogP contribution < -0.4 is 16.0 Å². The van der Waals surface area contributed by atoms with Crippen LogP contribution in [0.15, 0.2) is 24.3 Å². The Morgan fingerprint density at radius 1 is 1.30 bits per heavy atom. The highest BCUT2D eigenvalue weighted by molar-refractivity contribution is 6.07. The minimum Gasteiger partial charge on any atom is -0.445 e. The molecule has 3 aliphatic rings. The zero-order valence-corrected chi connectivity index (χ0v) is 15.0. The first-order valence-electron chi connectivity index (χ1n) is 9.07. The number of benzene rings is 1. The lowest BCUT2D eigenvalue weighted by molar-refractivity contribution is -0.140. The highest BCUT2D eigenvalue weighted by Gasteiger charge is 2.54. The molecule has 0 aromatic heterocycles. The summed E-state index contributed by atoms with van der Waals surface area (Å²) in [6, 6.07) is 6.57. The Morgan fingerprint density at radius 2 is 2.07 bits per heavy atom. The van der Waals surface area contributed by atoms with E-state index in [0.717, 1.165) is 12.0 Å². The second kappa shape index (κ2) is 6.07. The van der Waals surface area contributed by atoms with Crippen LogP contribution >= 0.6 is 0 Å². The van der Waals surface area contributed by atoms with Crippen molar-refractivity contribution in [2.75, 3.05) is 6.54 Å². The van der Waals surface area contributed by atoms with E-state index in [1.165, 1.54) is 0 Å². The number of carbonyl (C=O) groups is 4. The van der Waals surface area contributed by atoms with Crippen molar-refractivity contribution in [3.8, 4) is 0 Å². The SMILES string of the molecule is CC1(C(=O)NCC2CCCC23NC(=O)NC3=O)Cc2ccccc2C(=O)O1. The Kier molecular flexibility index (Phi) is 3.94. The molecule has 1 saturated carbocycles. The van der Waals surface area contributed by atoms with E-state index in [1.54, 1.807) is 19.1 Å². The van der Waals surface area contributed by atoms with Crippen molar-refractivity contribution in [3.63, 3.8) is 0 Å². The molecule has 1 aromatic rings. The van der Waals surface area contributed by atoms with Gasteiger partial charge in [-0.1, -0.05) is 24.6 Å². The van der Waals surface area contributed by atoms with Crippen molar-refractivity contribution in [2.45, 2.75) is 43.7 Å². The predicted molar refractivity (Wildman–Crippen MR) is 93.7 cm³/mol. The Hall–Kier alpha value is -2.90. The third-order valence-electron chi connectivity index (χ3n) is 5.86. The Balaban J connectivity index is 1.46. The summed E-state index contributed by atoms with van der Waals surface area (Å²) in [4.78, 5) is 48.8. The maximum absolute atomic E-state index is 12.8. The van der Waals surface area contributed by atoms with Gasteiger partial charge in [-0.3, -0.25) is 14.9 Å². The van der Waals surface area contributed by atoms with Crippen LogP contribution in [0.5, 0.6) is 0 Å². The van der Waals surface area contributed by atoms with Crippen molar-refractivity contribution < 1.29 is 23.9 Å². The standard InChI is InChI=1S/C19H21N3O5/c1-18(9-11-5-2-3-7-13(11)14(23)27-18)15(24)20-10-12-6-4-8-19(12)16(25)21-17(26)22-19/h2-3,5,7,12H,4,6,8-10H2,1H3,(H,20,24)(H2,21,22,25,26). The number of fused-ring (bicyclic) bond motifs is 1. The number of hydrogen-bond donors (Lipinski definition) is 3. The van der Waals surface area contributed by atoms with Gasteiger partial charge in [0.25, 0.3) is 11.8 Å². The fraction of sp³-hybridized carbons (Fsp3) is 0.474. The summed E-state index contributed by atoms with van der Waals surface area (Å²) in [5.41, 5.74) is -1.02. The minimum atomic E-state index is -1.31. The van der Waals surface area contributed by atoms with E-state index >= 15 is 0 Å². The van der Waals surface area contributed by atoms with Crippen LogP contribution in [0.4, 0.5) is 4.79 Å².